The summed E-state index contributed by atoms with van der Waals surface area (Å²) in [6.45, 7) is 5.43. The number of benzene rings is 1. The summed E-state index contributed by atoms with van der Waals surface area (Å²) in [4.78, 5) is 31.8. The van der Waals surface area contributed by atoms with Crippen LogP contribution >= 0.6 is 0 Å². The zero-order valence-electron chi connectivity index (χ0n) is 14.8. The first kappa shape index (κ1) is 16.1. The molecule has 0 aliphatic carbocycles. The molecule has 25 heavy (non-hydrogen) atoms. The van der Waals surface area contributed by atoms with E-state index in [0.29, 0.717) is 18.7 Å². The highest BCUT2D eigenvalue weighted by atomic mass is 16.5. The molecule has 132 valence electrons. The number of fused-ring (bicyclic) bond motifs is 2. The zero-order chi connectivity index (χ0) is 17.7. The number of carbonyl (C=O) groups excluding carboxylic acids is 2. The number of carbonyl (C=O) groups is 2. The molecular weight excluding hydrogens is 318 g/mol. The fourth-order valence-corrected chi connectivity index (χ4v) is 3.90. The van der Waals surface area contributed by atoms with Crippen LogP contribution in [-0.4, -0.2) is 65.5 Å². The Morgan fingerprint density at radius 3 is 2.92 bits per heavy atom. The number of aryl methyl sites for hydroxylation is 2. The van der Waals surface area contributed by atoms with E-state index >= 15 is 0 Å². The van der Waals surface area contributed by atoms with E-state index in [1.165, 1.54) is 5.56 Å². The quantitative estimate of drug-likeness (QED) is 0.861. The lowest BCUT2D eigenvalue weighted by molar-refractivity contribution is -0.159. The molecule has 1 N–H and O–H groups in total. The predicted molar refractivity (Wildman–Crippen MR) is 94.6 cm³/mol. The Kier molecular flexibility index (Phi) is 3.80. The number of rotatable bonds is 1. The fraction of sp³-hybridized carbons (Fsp3) is 0.474. The Labute approximate surface area is 146 Å². The van der Waals surface area contributed by atoms with Gasteiger partial charge in [0.25, 0.3) is 5.91 Å². The van der Waals surface area contributed by atoms with Crippen molar-refractivity contribution in [1.29, 1.82) is 0 Å². The highest BCUT2D eigenvalue weighted by molar-refractivity contribution is 5.99. The predicted octanol–water partition coefficient (Wildman–Crippen LogP) is 1.86. The molecule has 6 heteroatoms. The largest absolute Gasteiger partial charge is 0.366 e. The van der Waals surface area contributed by atoms with Gasteiger partial charge in [0.2, 0.25) is 5.91 Å². The average molecular weight is 341 g/mol. The molecule has 2 fully saturated rings. The van der Waals surface area contributed by atoms with Crippen LogP contribution < -0.4 is 0 Å². The van der Waals surface area contributed by atoms with E-state index in [2.05, 4.69) is 11.9 Å². The number of piperidine rings is 1. The normalized spacial score (nSPS) is 23.9. The van der Waals surface area contributed by atoms with Gasteiger partial charge in [0.1, 0.15) is 6.61 Å². The van der Waals surface area contributed by atoms with Crippen molar-refractivity contribution >= 4 is 22.7 Å². The van der Waals surface area contributed by atoms with Gasteiger partial charge in [0, 0.05) is 42.3 Å². The Morgan fingerprint density at radius 2 is 2.12 bits per heavy atom. The number of amides is 2. The summed E-state index contributed by atoms with van der Waals surface area (Å²) < 4.78 is 5.64. The second-order valence-corrected chi connectivity index (χ2v) is 7.10. The second-order valence-electron chi connectivity index (χ2n) is 7.10. The SMILES string of the molecule is Cc1[nH]c2ccc(C(=O)N3CC[C@@H]4OCC(=O)N(C)[C@H]4C3)cc2c1C. The smallest absolute Gasteiger partial charge is 0.253 e. The molecule has 0 saturated carbocycles. The number of aromatic amines is 1. The van der Waals surface area contributed by atoms with Crippen molar-refractivity contribution in [3.8, 4) is 0 Å². The molecule has 2 atom stereocenters. The number of hydrogen-bond acceptors (Lipinski definition) is 3. The number of likely N-dealkylation sites (N-methyl/N-ethyl adjacent to an activating group) is 1. The summed E-state index contributed by atoms with van der Waals surface area (Å²) in [5, 5.41) is 1.09. The van der Waals surface area contributed by atoms with Gasteiger partial charge >= 0.3 is 0 Å². The second kappa shape index (κ2) is 5.88. The van der Waals surface area contributed by atoms with Crippen LogP contribution in [0.1, 0.15) is 28.0 Å². The van der Waals surface area contributed by atoms with Crippen LogP contribution in [0, 0.1) is 13.8 Å². The summed E-state index contributed by atoms with van der Waals surface area (Å²) in [7, 11) is 1.80. The van der Waals surface area contributed by atoms with Crippen LogP contribution in [0.3, 0.4) is 0 Å². The van der Waals surface area contributed by atoms with Crippen LogP contribution in [0.15, 0.2) is 18.2 Å². The van der Waals surface area contributed by atoms with Crippen molar-refractivity contribution in [2.75, 3.05) is 26.7 Å². The van der Waals surface area contributed by atoms with Gasteiger partial charge in [-0.2, -0.15) is 0 Å². The van der Waals surface area contributed by atoms with Gasteiger partial charge in [0.05, 0.1) is 12.1 Å². The van der Waals surface area contributed by atoms with Crippen LogP contribution in [0.25, 0.3) is 10.9 Å². The fourth-order valence-electron chi connectivity index (χ4n) is 3.90. The average Bonchev–Trinajstić information content (AvgIpc) is 2.91. The third kappa shape index (κ3) is 2.61. The molecule has 3 heterocycles. The minimum atomic E-state index is -0.0566. The lowest BCUT2D eigenvalue weighted by atomic mass is 9.98. The number of nitrogens with zero attached hydrogens (tertiary/aromatic N) is 2. The summed E-state index contributed by atoms with van der Waals surface area (Å²) in [6.07, 6.45) is 0.794. The lowest BCUT2D eigenvalue weighted by Crippen LogP contribution is -2.61. The highest BCUT2D eigenvalue weighted by Gasteiger charge is 2.40. The topological polar surface area (TPSA) is 65.6 Å². The van der Waals surface area contributed by atoms with Crippen LogP contribution in [-0.2, 0) is 9.53 Å². The molecule has 2 saturated heterocycles. The van der Waals surface area contributed by atoms with Crippen molar-refractivity contribution in [2.24, 2.45) is 0 Å². The Hall–Kier alpha value is -2.34. The van der Waals surface area contributed by atoms with E-state index in [4.69, 9.17) is 4.74 Å². The third-order valence-corrected chi connectivity index (χ3v) is 5.67. The maximum absolute atomic E-state index is 13.0. The number of H-pyrrole nitrogens is 1. The van der Waals surface area contributed by atoms with Gasteiger partial charge < -0.3 is 19.5 Å². The molecule has 0 bridgehead atoms. The number of ether oxygens (including phenoxy) is 1. The molecule has 2 aromatic rings. The van der Waals surface area contributed by atoms with E-state index in [0.717, 1.165) is 23.0 Å². The first-order valence-electron chi connectivity index (χ1n) is 8.71. The van der Waals surface area contributed by atoms with Crippen molar-refractivity contribution in [2.45, 2.75) is 32.4 Å². The van der Waals surface area contributed by atoms with Crippen molar-refractivity contribution in [3.63, 3.8) is 0 Å². The summed E-state index contributed by atoms with van der Waals surface area (Å²) >= 11 is 0. The maximum Gasteiger partial charge on any atom is 0.253 e. The highest BCUT2D eigenvalue weighted by Crippen LogP contribution is 2.26. The Morgan fingerprint density at radius 1 is 1.32 bits per heavy atom. The Bertz CT molecular complexity index is 857. The molecule has 6 nitrogen and oxygen atoms in total. The monoisotopic (exact) mass is 341 g/mol. The van der Waals surface area contributed by atoms with E-state index in [-0.39, 0.29) is 30.6 Å². The van der Waals surface area contributed by atoms with Gasteiger partial charge in [-0.25, -0.2) is 0 Å². The molecule has 2 aliphatic heterocycles. The number of hydrogen-bond donors (Lipinski definition) is 1. The first-order valence-corrected chi connectivity index (χ1v) is 8.71. The molecule has 1 aromatic heterocycles. The lowest BCUT2D eigenvalue weighted by Gasteiger charge is -2.45. The summed E-state index contributed by atoms with van der Waals surface area (Å²) in [5.74, 6) is 0.000386. The standard InChI is InChI=1S/C19H23N3O3/c1-11-12(2)20-15-5-4-13(8-14(11)15)19(24)22-7-6-17-16(9-22)21(3)18(23)10-25-17/h4-5,8,16-17,20H,6-7,9-10H2,1-3H3/t16-,17-/m0/s1. The number of morpholine rings is 1. The van der Waals surface area contributed by atoms with Gasteiger partial charge in [0.15, 0.2) is 0 Å². The maximum atomic E-state index is 13.0. The minimum Gasteiger partial charge on any atom is -0.366 e. The van der Waals surface area contributed by atoms with Gasteiger partial charge in [-0.05, 0) is 44.0 Å². The molecule has 2 amide bonds. The zero-order valence-corrected chi connectivity index (χ0v) is 14.8. The van der Waals surface area contributed by atoms with Crippen LogP contribution in [0.5, 0.6) is 0 Å². The molecule has 0 unspecified atom stereocenters. The van der Waals surface area contributed by atoms with E-state index in [1.54, 1.807) is 11.9 Å². The van der Waals surface area contributed by atoms with Crippen molar-refractivity contribution < 1.29 is 14.3 Å². The molecule has 0 radical (unpaired) electrons. The van der Waals surface area contributed by atoms with Crippen LogP contribution in [0.2, 0.25) is 0 Å². The van der Waals surface area contributed by atoms with E-state index in [9.17, 15) is 9.59 Å². The summed E-state index contributed by atoms with van der Waals surface area (Å²) in [6, 6.07) is 5.75. The van der Waals surface area contributed by atoms with Crippen LogP contribution in [0.4, 0.5) is 0 Å². The van der Waals surface area contributed by atoms with E-state index < -0.39 is 0 Å². The van der Waals surface area contributed by atoms with Crippen molar-refractivity contribution in [1.82, 2.24) is 14.8 Å². The number of likely N-dealkylation sites (tertiary alicyclic amines) is 1. The van der Waals surface area contributed by atoms with Crippen molar-refractivity contribution in [3.05, 3.63) is 35.0 Å². The third-order valence-electron chi connectivity index (χ3n) is 5.67. The Balaban J connectivity index is 1.58. The molecule has 0 spiro atoms. The van der Waals surface area contributed by atoms with E-state index in [1.807, 2.05) is 30.0 Å². The number of nitrogens with one attached hydrogen (secondary N) is 1. The van der Waals surface area contributed by atoms with Gasteiger partial charge in [-0.3, -0.25) is 9.59 Å². The number of aromatic nitrogens is 1. The molecule has 2 aliphatic rings. The van der Waals surface area contributed by atoms with Gasteiger partial charge in [-0.1, -0.05) is 0 Å². The molecular formula is C19H23N3O3. The summed E-state index contributed by atoms with van der Waals surface area (Å²) in [5.41, 5.74) is 4.05. The molecule has 4 rings (SSSR count). The van der Waals surface area contributed by atoms with Gasteiger partial charge in [-0.15, -0.1) is 0 Å². The first-order chi connectivity index (χ1) is 12.0. The molecule has 1 aromatic carbocycles. The minimum absolute atomic E-state index is 0.0182.